The minimum Gasteiger partial charge on any atom is -0.508 e. The molecule has 0 fully saturated rings. The van der Waals surface area contributed by atoms with E-state index in [0.29, 0.717) is 17.7 Å². The van der Waals surface area contributed by atoms with Gasteiger partial charge in [-0.1, -0.05) is 41.1 Å². The maximum absolute atomic E-state index is 12.2. The highest BCUT2D eigenvalue weighted by atomic mass is 79.9. The fraction of sp³-hybridized carbons (Fsp3) is 0.278. The topological polar surface area (TPSA) is 78.8 Å². The molecule has 2 aromatic carbocycles. The molecule has 0 radical (unpaired) electrons. The second-order valence-electron chi connectivity index (χ2n) is 5.51. The van der Waals surface area contributed by atoms with Crippen LogP contribution in [0, 0.1) is 5.92 Å². The van der Waals surface area contributed by atoms with Crippen LogP contribution in [0.1, 0.15) is 25.0 Å². The van der Waals surface area contributed by atoms with Crippen LogP contribution in [-0.4, -0.2) is 22.9 Å². The standard InChI is InChI=1S/C18H20BrNO4/c1-12(9-10-21)17(15-11-13(19)7-8-16(15)22)24-18(23)20-14-5-3-2-4-6-14/h2-8,11-12,17,21-22H,9-10H2,1H3,(H,20,23)/t12-,17+/m1/s1. The lowest BCUT2D eigenvalue weighted by atomic mass is 9.94. The third-order valence-electron chi connectivity index (χ3n) is 3.65. The van der Waals surface area contributed by atoms with Gasteiger partial charge < -0.3 is 14.9 Å². The molecule has 0 aromatic heterocycles. The molecule has 2 rings (SSSR count). The molecule has 128 valence electrons. The smallest absolute Gasteiger partial charge is 0.412 e. The molecule has 0 aliphatic carbocycles. The number of benzene rings is 2. The van der Waals surface area contributed by atoms with Crippen molar-refractivity contribution in [1.29, 1.82) is 0 Å². The van der Waals surface area contributed by atoms with Gasteiger partial charge in [0.25, 0.3) is 0 Å². The monoisotopic (exact) mass is 393 g/mol. The summed E-state index contributed by atoms with van der Waals surface area (Å²) in [6.45, 7) is 1.83. The second kappa shape index (κ2) is 8.70. The number of para-hydroxylation sites is 1. The molecule has 3 N–H and O–H groups in total. The van der Waals surface area contributed by atoms with E-state index in [9.17, 15) is 15.0 Å². The van der Waals surface area contributed by atoms with Gasteiger partial charge in [0.05, 0.1) is 0 Å². The van der Waals surface area contributed by atoms with Crippen molar-refractivity contribution in [2.24, 2.45) is 5.92 Å². The van der Waals surface area contributed by atoms with Crippen molar-refractivity contribution in [1.82, 2.24) is 0 Å². The lowest BCUT2D eigenvalue weighted by molar-refractivity contribution is 0.0652. The lowest BCUT2D eigenvalue weighted by Crippen LogP contribution is -2.22. The highest BCUT2D eigenvalue weighted by molar-refractivity contribution is 9.10. The zero-order valence-corrected chi connectivity index (χ0v) is 14.9. The van der Waals surface area contributed by atoms with E-state index in [1.807, 2.05) is 25.1 Å². The molecule has 2 aromatic rings. The van der Waals surface area contributed by atoms with Gasteiger partial charge in [0.15, 0.2) is 0 Å². The number of anilines is 1. The molecule has 0 saturated carbocycles. The molecule has 0 saturated heterocycles. The highest BCUT2D eigenvalue weighted by Gasteiger charge is 2.26. The van der Waals surface area contributed by atoms with Gasteiger partial charge in [0.1, 0.15) is 11.9 Å². The van der Waals surface area contributed by atoms with Crippen molar-refractivity contribution in [3.63, 3.8) is 0 Å². The Hall–Kier alpha value is -2.05. The Morgan fingerprint density at radius 1 is 1.25 bits per heavy atom. The fourth-order valence-corrected chi connectivity index (χ4v) is 2.76. The Kier molecular flexibility index (Phi) is 6.63. The van der Waals surface area contributed by atoms with Crippen molar-refractivity contribution in [3.05, 3.63) is 58.6 Å². The minimum absolute atomic E-state index is 0.0317. The van der Waals surface area contributed by atoms with Crippen molar-refractivity contribution in [2.75, 3.05) is 11.9 Å². The van der Waals surface area contributed by atoms with Crippen LogP contribution >= 0.6 is 15.9 Å². The quantitative estimate of drug-likeness (QED) is 0.676. The summed E-state index contributed by atoms with van der Waals surface area (Å²) in [5, 5.41) is 22.0. The summed E-state index contributed by atoms with van der Waals surface area (Å²) in [5.41, 5.74) is 1.11. The first-order chi connectivity index (χ1) is 11.5. The van der Waals surface area contributed by atoms with Gasteiger partial charge in [-0.05, 0) is 42.7 Å². The van der Waals surface area contributed by atoms with Crippen LogP contribution in [0.4, 0.5) is 10.5 Å². The largest absolute Gasteiger partial charge is 0.508 e. The SMILES string of the molecule is C[C@H](CCO)[C@H](OC(=O)Nc1ccccc1)c1cc(Br)ccc1O. The number of phenols is 1. The summed E-state index contributed by atoms with van der Waals surface area (Å²) in [6.07, 6.45) is -0.858. The number of nitrogens with one attached hydrogen (secondary N) is 1. The Morgan fingerprint density at radius 3 is 2.62 bits per heavy atom. The Bertz CT molecular complexity index is 678. The lowest BCUT2D eigenvalue weighted by Gasteiger charge is -2.25. The van der Waals surface area contributed by atoms with Gasteiger partial charge in [-0.2, -0.15) is 0 Å². The van der Waals surface area contributed by atoms with Gasteiger partial charge >= 0.3 is 6.09 Å². The molecular weight excluding hydrogens is 374 g/mol. The Labute approximate surface area is 149 Å². The maximum Gasteiger partial charge on any atom is 0.412 e. The van der Waals surface area contributed by atoms with E-state index in [4.69, 9.17) is 4.74 Å². The first-order valence-electron chi connectivity index (χ1n) is 7.63. The number of rotatable bonds is 6. The van der Waals surface area contributed by atoms with E-state index >= 15 is 0 Å². The van der Waals surface area contributed by atoms with E-state index in [2.05, 4.69) is 21.2 Å². The average Bonchev–Trinajstić information content (AvgIpc) is 2.56. The van der Waals surface area contributed by atoms with Gasteiger partial charge in [-0.3, -0.25) is 5.32 Å². The van der Waals surface area contributed by atoms with E-state index in [-0.39, 0.29) is 18.3 Å². The van der Waals surface area contributed by atoms with Crippen LogP contribution in [0.15, 0.2) is 53.0 Å². The van der Waals surface area contributed by atoms with Gasteiger partial charge in [0.2, 0.25) is 0 Å². The van der Waals surface area contributed by atoms with E-state index in [1.54, 1.807) is 24.3 Å². The average molecular weight is 394 g/mol. The Balaban J connectivity index is 2.20. The summed E-state index contributed by atoms with van der Waals surface area (Å²) in [6, 6.07) is 13.9. The molecule has 0 spiro atoms. The van der Waals surface area contributed by atoms with Crippen LogP contribution in [0.25, 0.3) is 0 Å². The van der Waals surface area contributed by atoms with Crippen LogP contribution in [0.2, 0.25) is 0 Å². The molecule has 0 aliphatic rings. The third kappa shape index (κ3) is 4.97. The summed E-state index contributed by atoms with van der Waals surface area (Å²) in [7, 11) is 0. The number of hydrogen-bond acceptors (Lipinski definition) is 4. The second-order valence-corrected chi connectivity index (χ2v) is 6.43. The summed E-state index contributed by atoms with van der Waals surface area (Å²) < 4.78 is 6.32. The van der Waals surface area contributed by atoms with Gasteiger partial charge in [-0.15, -0.1) is 0 Å². The van der Waals surface area contributed by atoms with Crippen LogP contribution in [-0.2, 0) is 4.74 Å². The molecular formula is C18H20BrNO4. The number of amides is 1. The van der Waals surface area contributed by atoms with Crippen LogP contribution in [0.5, 0.6) is 5.75 Å². The highest BCUT2D eigenvalue weighted by Crippen LogP contribution is 2.36. The van der Waals surface area contributed by atoms with Crippen molar-refractivity contribution in [2.45, 2.75) is 19.4 Å². The van der Waals surface area contributed by atoms with Crippen LogP contribution < -0.4 is 5.32 Å². The Morgan fingerprint density at radius 2 is 1.96 bits per heavy atom. The van der Waals surface area contributed by atoms with E-state index in [0.717, 1.165) is 4.47 Å². The minimum atomic E-state index is -0.682. The molecule has 6 heteroatoms. The van der Waals surface area contributed by atoms with Crippen molar-refractivity contribution in [3.8, 4) is 5.75 Å². The number of hydrogen-bond donors (Lipinski definition) is 3. The molecule has 5 nitrogen and oxygen atoms in total. The molecule has 1 amide bonds. The normalized spacial score (nSPS) is 13.1. The third-order valence-corrected chi connectivity index (χ3v) is 4.14. The number of carbonyl (C=O) groups is 1. The molecule has 0 bridgehead atoms. The zero-order chi connectivity index (χ0) is 17.5. The summed E-state index contributed by atoms with van der Waals surface area (Å²) in [4.78, 5) is 12.2. The predicted octanol–water partition coefficient (Wildman–Crippen LogP) is 4.46. The molecule has 0 heterocycles. The number of aliphatic hydroxyl groups is 1. The van der Waals surface area contributed by atoms with Gasteiger partial charge in [0, 0.05) is 22.3 Å². The first-order valence-corrected chi connectivity index (χ1v) is 8.42. The first kappa shape index (κ1) is 18.3. The number of carbonyl (C=O) groups excluding carboxylic acids is 1. The number of aliphatic hydroxyl groups excluding tert-OH is 1. The number of halogens is 1. The number of ether oxygens (including phenoxy) is 1. The number of phenolic OH excluding ortho intramolecular Hbond substituents is 1. The molecule has 24 heavy (non-hydrogen) atoms. The predicted molar refractivity (Wildman–Crippen MR) is 96.0 cm³/mol. The van der Waals surface area contributed by atoms with Crippen molar-refractivity contribution >= 4 is 27.7 Å². The zero-order valence-electron chi connectivity index (χ0n) is 13.3. The summed E-state index contributed by atoms with van der Waals surface area (Å²) in [5.74, 6) is -0.128. The molecule has 0 aliphatic heterocycles. The number of aromatic hydroxyl groups is 1. The van der Waals surface area contributed by atoms with Crippen LogP contribution in [0.3, 0.4) is 0 Å². The van der Waals surface area contributed by atoms with Crippen molar-refractivity contribution < 1.29 is 19.7 Å². The van der Waals surface area contributed by atoms with Gasteiger partial charge in [-0.25, -0.2) is 4.79 Å². The van der Waals surface area contributed by atoms with E-state index < -0.39 is 12.2 Å². The maximum atomic E-state index is 12.2. The summed E-state index contributed by atoms with van der Waals surface area (Å²) >= 11 is 3.36. The fourth-order valence-electron chi connectivity index (χ4n) is 2.38. The molecule has 0 unspecified atom stereocenters. The molecule has 2 atom stereocenters. The van der Waals surface area contributed by atoms with E-state index in [1.165, 1.54) is 6.07 Å².